The van der Waals surface area contributed by atoms with Crippen LogP contribution in [0.15, 0.2) is 12.1 Å². The molecule has 6 heteroatoms. The van der Waals surface area contributed by atoms with Crippen molar-refractivity contribution in [1.82, 2.24) is 0 Å². The Morgan fingerprint density at radius 3 is 2.32 bits per heavy atom. The summed E-state index contributed by atoms with van der Waals surface area (Å²) in [6.07, 6.45) is 2.40. The van der Waals surface area contributed by atoms with E-state index >= 15 is 0 Å². The van der Waals surface area contributed by atoms with Gasteiger partial charge < -0.3 is 29.4 Å². The van der Waals surface area contributed by atoms with Crippen molar-refractivity contribution in [1.29, 1.82) is 0 Å². The van der Waals surface area contributed by atoms with Crippen molar-refractivity contribution in [2.75, 3.05) is 34.5 Å². The summed E-state index contributed by atoms with van der Waals surface area (Å²) in [5.74, 6) is 1.85. The monoisotopic (exact) mass is 311 g/mol. The van der Waals surface area contributed by atoms with Crippen molar-refractivity contribution in [3.63, 3.8) is 0 Å². The number of ether oxygens (including phenoxy) is 5. The average molecular weight is 311 g/mol. The fraction of sp³-hybridized carbons (Fsp3) is 0.625. The summed E-state index contributed by atoms with van der Waals surface area (Å²) in [5, 5.41) is 0. The third-order valence-electron chi connectivity index (χ3n) is 3.69. The quantitative estimate of drug-likeness (QED) is 0.742. The topological polar surface area (TPSA) is 72.2 Å². The van der Waals surface area contributed by atoms with Crippen molar-refractivity contribution in [2.45, 2.75) is 31.7 Å². The maximum absolute atomic E-state index is 5.95. The predicted molar refractivity (Wildman–Crippen MR) is 82.6 cm³/mol. The summed E-state index contributed by atoms with van der Waals surface area (Å²) in [7, 11) is 4.80. The van der Waals surface area contributed by atoms with Gasteiger partial charge in [0.05, 0.1) is 34.0 Å². The summed E-state index contributed by atoms with van der Waals surface area (Å²) in [4.78, 5) is 0. The molecule has 0 saturated carbocycles. The van der Waals surface area contributed by atoms with E-state index < -0.39 is 0 Å². The molecule has 0 radical (unpaired) electrons. The molecule has 0 aromatic heterocycles. The molecule has 1 aromatic carbocycles. The molecule has 0 aliphatic carbocycles. The molecule has 1 heterocycles. The van der Waals surface area contributed by atoms with Gasteiger partial charge in [0.15, 0.2) is 17.8 Å². The van der Waals surface area contributed by atoms with Gasteiger partial charge in [-0.05, 0) is 37.1 Å². The van der Waals surface area contributed by atoms with E-state index in [2.05, 4.69) is 0 Å². The Kier molecular flexibility index (Phi) is 6.30. The van der Waals surface area contributed by atoms with Crippen molar-refractivity contribution >= 4 is 0 Å². The largest absolute Gasteiger partial charge is 0.493 e. The van der Waals surface area contributed by atoms with Gasteiger partial charge >= 0.3 is 0 Å². The second-order valence-corrected chi connectivity index (χ2v) is 5.10. The zero-order valence-electron chi connectivity index (χ0n) is 13.5. The Bertz CT molecular complexity index is 455. The van der Waals surface area contributed by atoms with E-state index in [-0.39, 0.29) is 12.4 Å². The standard InChI is InChI=1S/C16H25NO5/c1-18-13-9-11(10-14(19-2)16(13)20-3)12-5-6-15(22-12)21-8-4-7-17/h9-10,12,15H,4-8,17H2,1-3H3/t12-,15+/m1/s1. The Morgan fingerprint density at radius 2 is 1.77 bits per heavy atom. The number of rotatable bonds is 8. The van der Waals surface area contributed by atoms with Crippen LogP contribution in [0.3, 0.4) is 0 Å². The molecule has 2 N–H and O–H groups in total. The number of methoxy groups -OCH3 is 3. The van der Waals surface area contributed by atoms with Gasteiger partial charge in [-0.3, -0.25) is 0 Å². The maximum Gasteiger partial charge on any atom is 0.203 e. The zero-order chi connectivity index (χ0) is 15.9. The summed E-state index contributed by atoms with van der Waals surface area (Å²) in [6, 6.07) is 3.85. The minimum Gasteiger partial charge on any atom is -0.493 e. The molecule has 1 aliphatic rings. The lowest BCUT2D eigenvalue weighted by Crippen LogP contribution is -2.14. The van der Waals surface area contributed by atoms with E-state index in [1.54, 1.807) is 21.3 Å². The fourth-order valence-electron chi connectivity index (χ4n) is 2.56. The molecule has 124 valence electrons. The van der Waals surface area contributed by atoms with Crippen LogP contribution in [0, 0.1) is 0 Å². The molecular formula is C16H25NO5. The molecule has 1 fully saturated rings. The number of benzene rings is 1. The SMILES string of the molecule is COc1cc([C@H]2CC[C@@H](OCCCN)O2)cc(OC)c1OC. The summed E-state index contributed by atoms with van der Waals surface area (Å²) in [5.41, 5.74) is 6.46. The van der Waals surface area contributed by atoms with Crippen molar-refractivity contribution < 1.29 is 23.7 Å². The molecule has 6 nitrogen and oxygen atoms in total. The van der Waals surface area contributed by atoms with Crippen molar-refractivity contribution in [3.05, 3.63) is 17.7 Å². The Balaban J connectivity index is 2.09. The van der Waals surface area contributed by atoms with Gasteiger partial charge in [-0.25, -0.2) is 0 Å². The number of hydrogen-bond donors (Lipinski definition) is 1. The Hall–Kier alpha value is -1.50. The van der Waals surface area contributed by atoms with E-state index in [0.717, 1.165) is 24.8 Å². The van der Waals surface area contributed by atoms with Crippen LogP contribution < -0.4 is 19.9 Å². The molecular weight excluding hydrogens is 286 g/mol. The van der Waals surface area contributed by atoms with Gasteiger partial charge in [0.2, 0.25) is 5.75 Å². The third-order valence-corrected chi connectivity index (χ3v) is 3.69. The molecule has 0 amide bonds. The molecule has 0 spiro atoms. The predicted octanol–water partition coefficient (Wildman–Crippen LogP) is 2.26. The van der Waals surface area contributed by atoms with Crippen LogP contribution in [-0.4, -0.2) is 40.8 Å². The smallest absolute Gasteiger partial charge is 0.203 e. The molecule has 2 atom stereocenters. The molecule has 0 unspecified atom stereocenters. The van der Waals surface area contributed by atoms with Gasteiger partial charge in [-0.15, -0.1) is 0 Å². The molecule has 0 bridgehead atoms. The minimum absolute atomic E-state index is 0.0309. The lowest BCUT2D eigenvalue weighted by molar-refractivity contribution is -0.134. The highest BCUT2D eigenvalue weighted by atomic mass is 16.7. The lowest BCUT2D eigenvalue weighted by atomic mass is 10.1. The maximum atomic E-state index is 5.95. The molecule has 2 rings (SSSR count). The highest BCUT2D eigenvalue weighted by Crippen LogP contribution is 2.43. The Labute approximate surface area is 131 Å². The van der Waals surface area contributed by atoms with Crippen LogP contribution in [0.25, 0.3) is 0 Å². The lowest BCUT2D eigenvalue weighted by Gasteiger charge is -2.18. The van der Waals surface area contributed by atoms with Crippen molar-refractivity contribution in [2.24, 2.45) is 5.73 Å². The summed E-state index contributed by atoms with van der Waals surface area (Å²) >= 11 is 0. The number of hydrogen-bond acceptors (Lipinski definition) is 6. The summed E-state index contributed by atoms with van der Waals surface area (Å²) in [6.45, 7) is 1.26. The van der Waals surface area contributed by atoms with Gasteiger partial charge in [-0.1, -0.05) is 0 Å². The minimum atomic E-state index is -0.171. The van der Waals surface area contributed by atoms with Crippen LogP contribution in [0.5, 0.6) is 17.2 Å². The van der Waals surface area contributed by atoms with Gasteiger partial charge in [0.1, 0.15) is 0 Å². The molecule has 1 aromatic rings. The average Bonchev–Trinajstić information content (AvgIpc) is 3.02. The fourth-order valence-corrected chi connectivity index (χ4v) is 2.56. The van der Waals surface area contributed by atoms with Crippen LogP contribution >= 0.6 is 0 Å². The zero-order valence-corrected chi connectivity index (χ0v) is 13.5. The van der Waals surface area contributed by atoms with Crippen LogP contribution in [-0.2, 0) is 9.47 Å². The highest BCUT2D eigenvalue weighted by molar-refractivity contribution is 5.54. The second kappa shape index (κ2) is 8.22. The van der Waals surface area contributed by atoms with E-state index in [1.807, 2.05) is 12.1 Å². The van der Waals surface area contributed by atoms with Gasteiger partial charge in [0.25, 0.3) is 0 Å². The van der Waals surface area contributed by atoms with Gasteiger partial charge in [-0.2, -0.15) is 0 Å². The van der Waals surface area contributed by atoms with E-state index in [0.29, 0.717) is 30.4 Å². The molecule has 22 heavy (non-hydrogen) atoms. The first-order valence-electron chi connectivity index (χ1n) is 7.50. The normalized spacial score (nSPS) is 20.9. The third kappa shape index (κ3) is 3.82. The highest BCUT2D eigenvalue weighted by Gasteiger charge is 2.28. The van der Waals surface area contributed by atoms with E-state index in [1.165, 1.54) is 0 Å². The molecule has 1 saturated heterocycles. The van der Waals surface area contributed by atoms with Crippen LogP contribution in [0.2, 0.25) is 0 Å². The molecule has 1 aliphatic heterocycles. The first-order valence-corrected chi connectivity index (χ1v) is 7.50. The van der Waals surface area contributed by atoms with Crippen LogP contribution in [0.4, 0.5) is 0 Å². The summed E-state index contributed by atoms with van der Waals surface area (Å²) < 4.78 is 27.7. The van der Waals surface area contributed by atoms with Crippen molar-refractivity contribution in [3.8, 4) is 17.2 Å². The van der Waals surface area contributed by atoms with E-state index in [9.17, 15) is 0 Å². The van der Waals surface area contributed by atoms with E-state index in [4.69, 9.17) is 29.4 Å². The number of nitrogens with two attached hydrogens (primary N) is 1. The second-order valence-electron chi connectivity index (χ2n) is 5.10. The van der Waals surface area contributed by atoms with Crippen LogP contribution in [0.1, 0.15) is 30.9 Å². The van der Waals surface area contributed by atoms with Gasteiger partial charge in [0, 0.05) is 6.42 Å². The Morgan fingerprint density at radius 1 is 1.09 bits per heavy atom. The first-order chi connectivity index (χ1) is 10.7. The first kappa shape index (κ1) is 16.9.